The fraction of sp³-hybridized carbons (Fsp3) is 0.316. The van der Waals surface area contributed by atoms with E-state index in [1.165, 1.54) is 65.2 Å². The molecule has 1 saturated heterocycles. The number of amides is 3. The maximum atomic E-state index is 13.7. The molecule has 0 bridgehead atoms. The predicted molar refractivity (Wildman–Crippen MR) is 189 cm³/mol. The number of carbonyl (C=O) groups is 4. The lowest BCUT2D eigenvalue weighted by Gasteiger charge is -2.47. The molecule has 3 aromatic rings. The second kappa shape index (κ2) is 16.0. The van der Waals surface area contributed by atoms with E-state index < -0.39 is 66.0 Å². The third-order valence-electron chi connectivity index (χ3n) is 8.71. The van der Waals surface area contributed by atoms with Crippen molar-refractivity contribution in [2.45, 2.75) is 50.1 Å². The second-order valence-electron chi connectivity index (χ2n) is 13.0. The van der Waals surface area contributed by atoms with Crippen LogP contribution in [0.2, 0.25) is 0 Å². The van der Waals surface area contributed by atoms with Crippen molar-refractivity contribution in [3.05, 3.63) is 119 Å². The molecule has 51 heavy (non-hydrogen) atoms. The number of imide groups is 1. The monoisotopic (exact) mass is 719 g/mol. The Morgan fingerprint density at radius 3 is 2.22 bits per heavy atom. The van der Waals surface area contributed by atoms with Gasteiger partial charge in [0.1, 0.15) is 28.7 Å². The van der Waals surface area contributed by atoms with Gasteiger partial charge >= 0.3 is 5.97 Å². The molecule has 3 aromatic carbocycles. The zero-order chi connectivity index (χ0) is 36.9. The summed E-state index contributed by atoms with van der Waals surface area (Å²) >= 11 is 1.24. The zero-order valence-corrected chi connectivity index (χ0v) is 28.9. The van der Waals surface area contributed by atoms with Crippen molar-refractivity contribution in [1.29, 1.82) is 0 Å². The third-order valence-corrected chi connectivity index (χ3v) is 10.0. The van der Waals surface area contributed by atoms with E-state index in [1.54, 1.807) is 30.3 Å². The molecule has 1 aliphatic heterocycles. The van der Waals surface area contributed by atoms with Crippen LogP contribution < -0.4 is 15.4 Å². The van der Waals surface area contributed by atoms with Crippen molar-refractivity contribution < 1.29 is 42.9 Å². The third kappa shape index (κ3) is 8.91. The van der Waals surface area contributed by atoms with Gasteiger partial charge in [-0.25, -0.2) is 13.6 Å². The first-order valence-corrected chi connectivity index (χ1v) is 17.4. The van der Waals surface area contributed by atoms with Gasteiger partial charge < -0.3 is 25.6 Å². The van der Waals surface area contributed by atoms with Gasteiger partial charge in [-0.1, -0.05) is 56.3 Å². The van der Waals surface area contributed by atoms with Crippen LogP contribution in [0.1, 0.15) is 50.0 Å². The molecule has 1 aliphatic carbocycles. The zero-order valence-electron chi connectivity index (χ0n) is 28.1. The molecule has 268 valence electrons. The molecule has 4 N–H and O–H groups in total. The minimum Gasteiger partial charge on any atom is -0.484 e. The van der Waals surface area contributed by atoms with Gasteiger partial charge in [0.15, 0.2) is 6.61 Å². The number of aliphatic carboxylic acids is 1. The van der Waals surface area contributed by atoms with E-state index in [4.69, 9.17) is 10.5 Å². The number of nitrogens with two attached hydrogens (primary N) is 1. The predicted octanol–water partition coefficient (Wildman–Crippen LogP) is 5.34. The number of rotatable bonds is 14. The topological polar surface area (TPSA) is 150 Å². The van der Waals surface area contributed by atoms with Gasteiger partial charge in [-0.05, 0) is 77.1 Å². The molecule has 1 fully saturated rings. The molecule has 0 spiro atoms. The van der Waals surface area contributed by atoms with Crippen LogP contribution in [-0.2, 0) is 19.2 Å². The lowest BCUT2D eigenvalue weighted by Crippen LogP contribution is -2.57. The van der Waals surface area contributed by atoms with Crippen molar-refractivity contribution in [3.8, 4) is 5.75 Å². The summed E-state index contributed by atoms with van der Waals surface area (Å²) in [4.78, 5) is 54.0. The Kier molecular flexibility index (Phi) is 11.7. The highest BCUT2D eigenvalue weighted by Gasteiger charge is 2.49. The van der Waals surface area contributed by atoms with E-state index >= 15 is 0 Å². The van der Waals surface area contributed by atoms with E-state index in [-0.39, 0.29) is 29.2 Å². The Morgan fingerprint density at radius 1 is 1.00 bits per heavy atom. The highest BCUT2D eigenvalue weighted by atomic mass is 32.2. The number of hydrogen-bond donors (Lipinski definition) is 3. The SMILES string of the molecule is CC1(C)C=C(C[C@H](C(=O)O)N(C(=O)CN)C(=O)COc2ccc(C3[C@@H](SC[C@H](O)c4ccc(F)cc4)C(=O)N3c3ccc(F)cc3)cc2)C=CC1. The lowest BCUT2D eigenvalue weighted by atomic mass is 9.82. The Morgan fingerprint density at radius 2 is 1.63 bits per heavy atom. The number of β-lactam (4-membered cyclic amide) rings is 1. The smallest absolute Gasteiger partial charge is 0.327 e. The van der Waals surface area contributed by atoms with Crippen LogP contribution in [0.4, 0.5) is 14.5 Å². The minimum atomic E-state index is -1.49. The standard InChI is InChI=1S/C38H39F2N3O7S/c1-38(2)17-3-4-23(19-38)18-30(37(48)49)43(32(45)20-41)33(46)21-50-29-15-7-25(8-16-29)34-35(36(47)42(34)28-13-11-27(40)12-14-28)51-22-31(44)24-5-9-26(39)10-6-24/h3-16,19,30-31,34-35,44H,17-18,20-22,41H2,1-2H3,(H,48,49)/t30-,31+,34?,35-/m1/s1. The summed E-state index contributed by atoms with van der Waals surface area (Å²) < 4.78 is 32.8. The summed E-state index contributed by atoms with van der Waals surface area (Å²) in [6.45, 7) is 2.79. The summed E-state index contributed by atoms with van der Waals surface area (Å²) in [6, 6.07) is 15.5. The van der Waals surface area contributed by atoms with Crippen molar-refractivity contribution in [2.24, 2.45) is 11.1 Å². The molecule has 13 heteroatoms. The molecule has 2 aliphatic rings. The van der Waals surface area contributed by atoms with Gasteiger partial charge in [-0.15, -0.1) is 11.8 Å². The number of hydrogen-bond acceptors (Lipinski definition) is 8. The maximum absolute atomic E-state index is 13.7. The number of benzene rings is 3. The van der Waals surface area contributed by atoms with Crippen molar-refractivity contribution in [3.63, 3.8) is 0 Å². The van der Waals surface area contributed by atoms with E-state index in [0.29, 0.717) is 27.3 Å². The van der Waals surface area contributed by atoms with E-state index in [2.05, 4.69) is 0 Å². The first-order chi connectivity index (χ1) is 24.3. The Labute approximate surface area is 298 Å². The van der Waals surface area contributed by atoms with Crippen LogP contribution in [0.3, 0.4) is 0 Å². The Bertz CT molecular complexity index is 1810. The van der Waals surface area contributed by atoms with Crippen LogP contribution >= 0.6 is 11.8 Å². The summed E-state index contributed by atoms with van der Waals surface area (Å²) in [7, 11) is 0. The molecule has 10 nitrogen and oxygen atoms in total. The maximum Gasteiger partial charge on any atom is 0.327 e. The normalized spacial score (nSPS) is 19.1. The number of nitrogens with zero attached hydrogens (tertiary/aromatic N) is 2. The molecule has 0 radical (unpaired) electrons. The first-order valence-electron chi connectivity index (χ1n) is 16.3. The Hall–Kier alpha value is -4.85. The number of aliphatic hydroxyl groups excluding tert-OH is 1. The largest absolute Gasteiger partial charge is 0.484 e. The highest BCUT2D eigenvalue weighted by molar-refractivity contribution is 8.00. The number of allylic oxidation sites excluding steroid dienone is 3. The number of carbonyl (C=O) groups excluding carboxylic acids is 3. The Balaban J connectivity index is 1.30. The van der Waals surface area contributed by atoms with Crippen LogP contribution in [0.5, 0.6) is 5.75 Å². The van der Waals surface area contributed by atoms with Gasteiger partial charge in [-0.2, -0.15) is 0 Å². The van der Waals surface area contributed by atoms with E-state index in [0.717, 1.165) is 6.42 Å². The number of carboxylic acids is 1. The van der Waals surface area contributed by atoms with E-state index in [9.17, 15) is 38.2 Å². The van der Waals surface area contributed by atoms with Gasteiger partial charge in [0.05, 0.1) is 18.7 Å². The number of halogens is 2. The summed E-state index contributed by atoms with van der Waals surface area (Å²) in [5, 5.41) is 20.1. The minimum absolute atomic E-state index is 0.0911. The van der Waals surface area contributed by atoms with Crippen molar-refractivity contribution >= 4 is 41.1 Å². The van der Waals surface area contributed by atoms with Crippen LogP contribution in [-0.4, -0.2) is 69.0 Å². The molecule has 1 heterocycles. The summed E-state index contributed by atoms with van der Waals surface area (Å²) in [5.41, 5.74) is 7.72. The molecule has 3 amide bonds. The first kappa shape index (κ1) is 37.4. The average molecular weight is 720 g/mol. The quantitative estimate of drug-likeness (QED) is 0.188. The van der Waals surface area contributed by atoms with Gasteiger partial charge in [0.2, 0.25) is 11.8 Å². The van der Waals surface area contributed by atoms with E-state index in [1.807, 2.05) is 26.0 Å². The number of carboxylic acid groups (broad SMARTS) is 1. The van der Waals surface area contributed by atoms with Gasteiger partial charge in [0.25, 0.3) is 5.91 Å². The summed E-state index contributed by atoms with van der Waals surface area (Å²) in [6.07, 6.45) is 5.37. The summed E-state index contributed by atoms with van der Waals surface area (Å²) in [5.74, 6) is -3.81. The molecular weight excluding hydrogens is 680 g/mol. The second-order valence-corrected chi connectivity index (χ2v) is 14.2. The molecular formula is C38H39F2N3O7S. The number of anilines is 1. The van der Waals surface area contributed by atoms with Gasteiger partial charge in [-0.3, -0.25) is 19.3 Å². The van der Waals surface area contributed by atoms with Crippen LogP contribution in [0.25, 0.3) is 0 Å². The van der Waals surface area contributed by atoms with Crippen molar-refractivity contribution in [1.82, 2.24) is 4.90 Å². The van der Waals surface area contributed by atoms with Crippen molar-refractivity contribution in [2.75, 3.05) is 23.8 Å². The number of ether oxygens (including phenoxy) is 1. The fourth-order valence-electron chi connectivity index (χ4n) is 6.14. The number of aliphatic hydroxyl groups is 1. The molecule has 4 atom stereocenters. The molecule has 0 aromatic heterocycles. The van der Waals surface area contributed by atoms with Crippen LogP contribution in [0, 0.1) is 17.0 Å². The molecule has 1 unspecified atom stereocenters. The number of thioether (sulfide) groups is 1. The van der Waals surface area contributed by atoms with Crippen LogP contribution in [0.15, 0.2) is 96.6 Å². The van der Waals surface area contributed by atoms with Gasteiger partial charge in [0, 0.05) is 17.9 Å². The average Bonchev–Trinajstić information content (AvgIpc) is 3.10. The molecule has 0 saturated carbocycles. The lowest BCUT2D eigenvalue weighted by molar-refractivity contribution is -0.158. The highest BCUT2D eigenvalue weighted by Crippen LogP contribution is 2.46. The molecule has 5 rings (SSSR count). The fourth-order valence-corrected chi connectivity index (χ4v) is 7.44.